The highest BCUT2D eigenvalue weighted by atomic mass is 35.5. The van der Waals surface area contributed by atoms with Gasteiger partial charge in [-0.15, -0.1) is 0 Å². The maximum Gasteiger partial charge on any atom is 0.309 e. The third-order valence-corrected chi connectivity index (χ3v) is 6.71. The van der Waals surface area contributed by atoms with E-state index < -0.39 is 0 Å². The molecule has 0 radical (unpaired) electrons. The van der Waals surface area contributed by atoms with Gasteiger partial charge in [0.25, 0.3) is 5.91 Å². The highest BCUT2D eigenvalue weighted by molar-refractivity contribution is 6.32. The second-order valence-corrected chi connectivity index (χ2v) is 9.39. The zero-order valence-corrected chi connectivity index (χ0v) is 21.2. The van der Waals surface area contributed by atoms with Gasteiger partial charge in [-0.1, -0.05) is 60.1 Å². The zero-order chi connectivity index (χ0) is 25.5. The van der Waals surface area contributed by atoms with Crippen molar-refractivity contribution in [2.45, 2.75) is 32.5 Å². The third kappa shape index (κ3) is 6.38. The number of carbonyl (C=O) groups is 2. The maximum absolute atomic E-state index is 12.6. The fraction of sp³-hybridized carbons (Fsp3) is 0.310. The van der Waals surface area contributed by atoms with Crippen LogP contribution < -0.4 is 14.8 Å². The van der Waals surface area contributed by atoms with Crippen molar-refractivity contribution in [1.29, 1.82) is 0 Å². The molecule has 1 N–H and O–H groups in total. The monoisotopic (exact) mass is 507 g/mol. The highest BCUT2D eigenvalue weighted by Crippen LogP contribution is 2.35. The van der Waals surface area contributed by atoms with Crippen LogP contribution in [0.25, 0.3) is 0 Å². The molecule has 1 saturated carbocycles. The molecule has 188 valence electrons. The molecular formula is C29H30ClNO5. The van der Waals surface area contributed by atoms with Gasteiger partial charge in [0, 0.05) is 17.7 Å². The molecule has 1 atom stereocenters. The minimum absolute atomic E-state index is 0.105. The van der Waals surface area contributed by atoms with Crippen molar-refractivity contribution in [1.82, 2.24) is 5.32 Å². The summed E-state index contributed by atoms with van der Waals surface area (Å²) in [6.07, 6.45) is 1.13. The van der Waals surface area contributed by atoms with E-state index in [0.29, 0.717) is 35.7 Å². The Bertz CT molecular complexity index is 1190. The lowest BCUT2D eigenvalue weighted by Gasteiger charge is -2.33. The summed E-state index contributed by atoms with van der Waals surface area (Å²) in [5.41, 5.74) is 2.33. The van der Waals surface area contributed by atoms with Gasteiger partial charge >= 0.3 is 5.97 Å². The van der Waals surface area contributed by atoms with Gasteiger partial charge in [-0.05, 0) is 55.5 Å². The summed E-state index contributed by atoms with van der Waals surface area (Å²) in [5, 5.41) is 3.30. The van der Waals surface area contributed by atoms with E-state index >= 15 is 0 Å². The Morgan fingerprint density at radius 2 is 1.72 bits per heavy atom. The van der Waals surface area contributed by atoms with E-state index in [1.807, 2.05) is 61.5 Å². The molecule has 1 amide bonds. The predicted octanol–water partition coefficient (Wildman–Crippen LogP) is 5.99. The first-order valence-corrected chi connectivity index (χ1v) is 12.4. The second kappa shape index (κ2) is 12.0. The SMILES string of the molecule is COc1ccccc1C(C)Oc1ccc(C(=O)NCC2CC(C(=O)OCc3ccccc3)C2)cc1Cl. The molecule has 3 aromatic rings. The molecule has 36 heavy (non-hydrogen) atoms. The van der Waals surface area contributed by atoms with Crippen LogP contribution in [0.15, 0.2) is 72.8 Å². The summed E-state index contributed by atoms with van der Waals surface area (Å²) < 4.78 is 16.8. The van der Waals surface area contributed by atoms with Gasteiger partial charge < -0.3 is 19.5 Å². The number of hydrogen-bond donors (Lipinski definition) is 1. The number of hydrogen-bond acceptors (Lipinski definition) is 5. The van der Waals surface area contributed by atoms with Crippen LogP contribution in [0.5, 0.6) is 11.5 Å². The van der Waals surface area contributed by atoms with Gasteiger partial charge in [0.15, 0.2) is 0 Å². The van der Waals surface area contributed by atoms with Crippen LogP contribution in [0.1, 0.15) is 47.4 Å². The number of carbonyl (C=O) groups excluding carboxylic acids is 2. The lowest BCUT2D eigenvalue weighted by Crippen LogP contribution is -2.39. The molecule has 1 aliphatic rings. The molecule has 6 nitrogen and oxygen atoms in total. The standard InChI is InChI=1S/C29H30ClNO5/c1-19(24-10-6-7-11-26(24)34-2)36-27-13-12-22(16-25(27)30)28(32)31-17-21-14-23(15-21)29(33)35-18-20-8-4-3-5-9-20/h3-13,16,19,21,23H,14-15,17-18H2,1-2H3,(H,31,32). The van der Waals surface area contributed by atoms with E-state index in [-0.39, 0.29) is 36.4 Å². The molecule has 0 aliphatic heterocycles. The van der Waals surface area contributed by atoms with Crippen molar-refractivity contribution in [2.24, 2.45) is 11.8 Å². The number of methoxy groups -OCH3 is 1. The lowest BCUT2D eigenvalue weighted by molar-refractivity contribution is -0.154. The van der Waals surface area contributed by atoms with Gasteiger partial charge in [-0.25, -0.2) is 0 Å². The van der Waals surface area contributed by atoms with Crippen molar-refractivity contribution < 1.29 is 23.8 Å². The number of halogens is 1. The van der Waals surface area contributed by atoms with Crippen LogP contribution in [0.2, 0.25) is 5.02 Å². The second-order valence-electron chi connectivity index (χ2n) is 8.98. The van der Waals surface area contributed by atoms with Gasteiger partial charge in [-0.2, -0.15) is 0 Å². The molecule has 0 saturated heterocycles. The molecule has 3 aromatic carbocycles. The molecular weight excluding hydrogens is 478 g/mol. The van der Waals surface area contributed by atoms with Crippen LogP contribution in [0, 0.1) is 11.8 Å². The molecule has 0 aromatic heterocycles. The zero-order valence-electron chi connectivity index (χ0n) is 20.4. The van der Waals surface area contributed by atoms with Gasteiger partial charge in [0.2, 0.25) is 0 Å². The van der Waals surface area contributed by atoms with Crippen LogP contribution in [-0.4, -0.2) is 25.5 Å². The summed E-state index contributed by atoms with van der Waals surface area (Å²) in [6, 6.07) is 22.3. The average Bonchev–Trinajstić information content (AvgIpc) is 2.88. The topological polar surface area (TPSA) is 73.9 Å². The Balaban J connectivity index is 1.22. The molecule has 1 unspecified atom stereocenters. The number of para-hydroxylation sites is 1. The summed E-state index contributed by atoms with van der Waals surface area (Å²) >= 11 is 6.42. The first-order chi connectivity index (χ1) is 17.4. The molecule has 1 fully saturated rings. The Labute approximate surface area is 216 Å². The number of nitrogens with one attached hydrogen (secondary N) is 1. The van der Waals surface area contributed by atoms with E-state index in [1.54, 1.807) is 25.3 Å². The average molecular weight is 508 g/mol. The summed E-state index contributed by atoms with van der Waals surface area (Å²) in [4.78, 5) is 24.9. The Hall–Kier alpha value is -3.51. The van der Waals surface area contributed by atoms with Crippen molar-refractivity contribution in [2.75, 3.05) is 13.7 Å². The molecule has 0 heterocycles. The normalized spacial score (nSPS) is 17.4. The number of esters is 1. The number of amides is 1. The number of ether oxygens (including phenoxy) is 3. The summed E-state index contributed by atoms with van der Waals surface area (Å²) in [5.74, 6) is 0.986. The van der Waals surface area contributed by atoms with Crippen molar-refractivity contribution >= 4 is 23.5 Å². The Morgan fingerprint density at radius 1 is 1.00 bits per heavy atom. The molecule has 1 aliphatic carbocycles. The van der Waals surface area contributed by atoms with Crippen LogP contribution in [0.4, 0.5) is 0 Å². The Morgan fingerprint density at radius 3 is 2.44 bits per heavy atom. The highest BCUT2D eigenvalue weighted by Gasteiger charge is 2.35. The maximum atomic E-state index is 12.6. The van der Waals surface area contributed by atoms with Gasteiger partial charge in [0.1, 0.15) is 24.2 Å². The minimum atomic E-state index is -0.288. The van der Waals surface area contributed by atoms with E-state index in [1.165, 1.54) is 0 Å². The molecule has 7 heteroatoms. The fourth-order valence-corrected chi connectivity index (χ4v) is 4.50. The van der Waals surface area contributed by atoms with Crippen LogP contribution >= 0.6 is 11.6 Å². The van der Waals surface area contributed by atoms with Gasteiger partial charge in [0.05, 0.1) is 18.1 Å². The van der Waals surface area contributed by atoms with Crippen LogP contribution in [-0.2, 0) is 16.1 Å². The third-order valence-electron chi connectivity index (χ3n) is 6.42. The Kier molecular flexibility index (Phi) is 8.49. The van der Waals surface area contributed by atoms with Crippen molar-refractivity contribution in [3.8, 4) is 11.5 Å². The van der Waals surface area contributed by atoms with E-state index in [9.17, 15) is 9.59 Å². The van der Waals surface area contributed by atoms with Gasteiger partial charge in [-0.3, -0.25) is 9.59 Å². The quantitative estimate of drug-likeness (QED) is 0.341. The smallest absolute Gasteiger partial charge is 0.309 e. The number of benzene rings is 3. The minimum Gasteiger partial charge on any atom is -0.496 e. The first kappa shape index (κ1) is 25.6. The predicted molar refractivity (Wildman–Crippen MR) is 138 cm³/mol. The van der Waals surface area contributed by atoms with Crippen LogP contribution in [0.3, 0.4) is 0 Å². The molecule has 0 bridgehead atoms. The lowest BCUT2D eigenvalue weighted by atomic mass is 9.75. The summed E-state index contributed by atoms with van der Waals surface area (Å²) in [7, 11) is 1.62. The largest absolute Gasteiger partial charge is 0.496 e. The molecule has 0 spiro atoms. The van der Waals surface area contributed by atoms with Crippen molar-refractivity contribution in [3.05, 3.63) is 94.5 Å². The molecule has 4 rings (SSSR count). The van der Waals surface area contributed by atoms with E-state index in [2.05, 4.69) is 5.32 Å². The van der Waals surface area contributed by atoms with E-state index in [4.69, 9.17) is 25.8 Å². The first-order valence-electron chi connectivity index (χ1n) is 12.0. The number of rotatable bonds is 10. The van der Waals surface area contributed by atoms with Crippen molar-refractivity contribution in [3.63, 3.8) is 0 Å². The van der Waals surface area contributed by atoms with E-state index in [0.717, 1.165) is 16.9 Å². The summed E-state index contributed by atoms with van der Waals surface area (Å²) in [6.45, 7) is 2.70. The fourth-order valence-electron chi connectivity index (χ4n) is 4.27.